The van der Waals surface area contributed by atoms with E-state index in [1.165, 1.54) is 0 Å². The lowest BCUT2D eigenvalue weighted by molar-refractivity contribution is -0.145. The maximum absolute atomic E-state index is 11.7. The van der Waals surface area contributed by atoms with Crippen LogP contribution in [0.25, 0.3) is 0 Å². The fraction of sp³-hybridized carbons (Fsp3) is 0.885. The zero-order valence-corrected chi connectivity index (χ0v) is 23.0. The fourth-order valence-electron chi connectivity index (χ4n) is 3.71. The Balaban J connectivity index is 4.45. The summed E-state index contributed by atoms with van der Waals surface area (Å²) in [6.45, 7) is 12.8. The van der Waals surface area contributed by atoms with E-state index in [9.17, 15) is 19.5 Å². The zero-order chi connectivity index (χ0) is 27.0. The van der Waals surface area contributed by atoms with Crippen LogP contribution < -0.4 is 0 Å². The van der Waals surface area contributed by atoms with E-state index in [2.05, 4.69) is 9.80 Å². The first-order chi connectivity index (χ1) is 17.4. The molecule has 1 unspecified atom stereocenters. The van der Waals surface area contributed by atoms with E-state index in [4.69, 9.17) is 18.9 Å². The molecule has 10 heteroatoms. The lowest BCUT2D eigenvalue weighted by atomic mass is 10.1. The number of aliphatic hydroxyl groups is 1. The molecule has 0 aliphatic rings. The molecular weight excluding hydrogens is 468 g/mol. The summed E-state index contributed by atoms with van der Waals surface area (Å²) in [6, 6.07) is 0. The van der Waals surface area contributed by atoms with Crippen LogP contribution in [0.4, 0.5) is 0 Å². The van der Waals surface area contributed by atoms with Gasteiger partial charge in [0, 0.05) is 39.2 Å². The largest absolute Gasteiger partial charge is 0.466 e. The third-order valence-electron chi connectivity index (χ3n) is 5.56. The number of unbranched alkanes of at least 4 members (excludes halogenated alkanes) is 3. The van der Waals surface area contributed by atoms with Crippen LogP contribution in [-0.2, 0) is 33.3 Å². The Kier molecular flexibility index (Phi) is 22.5. The predicted octanol–water partition coefficient (Wildman–Crippen LogP) is 2.76. The van der Waals surface area contributed by atoms with E-state index in [-0.39, 0.29) is 17.9 Å². The van der Waals surface area contributed by atoms with Crippen LogP contribution in [0.1, 0.15) is 79.1 Å². The van der Waals surface area contributed by atoms with Crippen molar-refractivity contribution in [1.29, 1.82) is 0 Å². The van der Waals surface area contributed by atoms with Crippen molar-refractivity contribution in [2.75, 3.05) is 65.7 Å². The molecule has 0 aliphatic carbocycles. The zero-order valence-electron chi connectivity index (χ0n) is 23.0. The second-order valence-corrected chi connectivity index (χ2v) is 8.46. The minimum Gasteiger partial charge on any atom is -0.466 e. The summed E-state index contributed by atoms with van der Waals surface area (Å²) in [4.78, 5) is 39.5. The Bertz CT molecular complexity index is 554. The van der Waals surface area contributed by atoms with Crippen LogP contribution in [-0.4, -0.2) is 105 Å². The topological polar surface area (TPSA) is 115 Å². The summed E-state index contributed by atoms with van der Waals surface area (Å²) < 4.78 is 20.3. The first-order valence-corrected chi connectivity index (χ1v) is 13.6. The molecule has 0 saturated heterocycles. The van der Waals surface area contributed by atoms with E-state index in [1.807, 2.05) is 6.92 Å². The van der Waals surface area contributed by atoms with Gasteiger partial charge in [0.15, 0.2) is 6.29 Å². The van der Waals surface area contributed by atoms with Crippen LogP contribution in [0.15, 0.2) is 0 Å². The van der Waals surface area contributed by atoms with Gasteiger partial charge in [0.1, 0.15) is 0 Å². The molecule has 1 N–H and O–H groups in total. The molecule has 0 spiro atoms. The van der Waals surface area contributed by atoms with Crippen molar-refractivity contribution in [3.63, 3.8) is 0 Å². The van der Waals surface area contributed by atoms with Gasteiger partial charge in [0.2, 0.25) is 0 Å². The highest BCUT2D eigenvalue weighted by molar-refractivity contribution is 5.70. The van der Waals surface area contributed by atoms with Gasteiger partial charge in [-0.3, -0.25) is 14.4 Å². The van der Waals surface area contributed by atoms with Crippen LogP contribution in [0.2, 0.25) is 0 Å². The maximum Gasteiger partial charge on any atom is 0.307 e. The predicted molar refractivity (Wildman–Crippen MR) is 137 cm³/mol. The monoisotopic (exact) mass is 518 g/mol. The van der Waals surface area contributed by atoms with Crippen LogP contribution in [0.3, 0.4) is 0 Å². The lowest BCUT2D eigenvalue weighted by Gasteiger charge is -2.23. The molecule has 0 saturated carbocycles. The molecule has 0 amide bonds. The van der Waals surface area contributed by atoms with E-state index in [0.29, 0.717) is 78.3 Å². The van der Waals surface area contributed by atoms with Crippen molar-refractivity contribution in [1.82, 2.24) is 9.80 Å². The number of esters is 3. The summed E-state index contributed by atoms with van der Waals surface area (Å²) in [5, 5.41) is 9.87. The molecule has 0 heterocycles. The summed E-state index contributed by atoms with van der Waals surface area (Å²) in [5.74, 6) is -0.661. The van der Waals surface area contributed by atoms with Gasteiger partial charge in [-0.15, -0.1) is 0 Å². The number of rotatable bonds is 24. The molecule has 0 aliphatic heterocycles. The van der Waals surface area contributed by atoms with E-state index in [1.54, 1.807) is 20.8 Å². The van der Waals surface area contributed by atoms with Gasteiger partial charge in [-0.1, -0.05) is 12.8 Å². The van der Waals surface area contributed by atoms with Crippen molar-refractivity contribution in [3.05, 3.63) is 0 Å². The van der Waals surface area contributed by atoms with E-state index >= 15 is 0 Å². The Morgan fingerprint density at radius 1 is 0.583 bits per heavy atom. The van der Waals surface area contributed by atoms with Crippen LogP contribution >= 0.6 is 0 Å². The van der Waals surface area contributed by atoms with Crippen molar-refractivity contribution in [3.8, 4) is 0 Å². The Morgan fingerprint density at radius 2 is 0.972 bits per heavy atom. The minimum absolute atomic E-state index is 0.210. The third-order valence-corrected chi connectivity index (χ3v) is 5.56. The summed E-state index contributed by atoms with van der Waals surface area (Å²) in [6.07, 6.45) is 4.60. The first-order valence-electron chi connectivity index (χ1n) is 13.6. The molecule has 212 valence electrons. The highest BCUT2D eigenvalue weighted by Crippen LogP contribution is 2.08. The van der Waals surface area contributed by atoms with Gasteiger partial charge in [-0.25, -0.2) is 0 Å². The van der Waals surface area contributed by atoms with Gasteiger partial charge >= 0.3 is 17.9 Å². The molecular formula is C26H50N2O8. The Morgan fingerprint density at radius 3 is 1.33 bits per heavy atom. The fourth-order valence-corrected chi connectivity index (χ4v) is 3.71. The van der Waals surface area contributed by atoms with Crippen molar-refractivity contribution >= 4 is 17.9 Å². The molecule has 0 aromatic heterocycles. The van der Waals surface area contributed by atoms with E-state index < -0.39 is 6.29 Å². The molecule has 0 radical (unpaired) electrons. The number of nitrogens with zero attached hydrogens (tertiary/aromatic N) is 2. The lowest BCUT2D eigenvalue weighted by Crippen LogP contribution is -2.32. The number of hydrogen-bond donors (Lipinski definition) is 1. The van der Waals surface area contributed by atoms with E-state index in [0.717, 1.165) is 38.8 Å². The number of ether oxygens (including phenoxy) is 4. The highest BCUT2D eigenvalue weighted by atomic mass is 16.6. The van der Waals surface area contributed by atoms with Gasteiger partial charge < -0.3 is 33.9 Å². The number of carbonyl (C=O) groups is 3. The molecule has 36 heavy (non-hydrogen) atoms. The SMILES string of the molecule is CCOC(=O)CCN(CCCCCCN(CCC(=O)OCC)CCC(O)OCC)CCC(=O)OCC. The highest BCUT2D eigenvalue weighted by Gasteiger charge is 2.13. The van der Waals surface area contributed by atoms with Gasteiger partial charge in [-0.2, -0.15) is 0 Å². The van der Waals surface area contributed by atoms with Crippen molar-refractivity contribution in [2.45, 2.75) is 85.4 Å². The van der Waals surface area contributed by atoms with Crippen molar-refractivity contribution in [2.24, 2.45) is 0 Å². The first kappa shape index (κ1) is 34.2. The summed E-state index contributed by atoms with van der Waals surface area (Å²) in [5.41, 5.74) is 0. The maximum atomic E-state index is 11.7. The summed E-state index contributed by atoms with van der Waals surface area (Å²) in [7, 11) is 0. The molecule has 1 atom stereocenters. The number of carbonyl (C=O) groups excluding carboxylic acids is 3. The smallest absolute Gasteiger partial charge is 0.307 e. The Labute approximate surface area is 217 Å². The van der Waals surface area contributed by atoms with Gasteiger partial charge in [-0.05, 0) is 53.6 Å². The molecule has 0 bridgehead atoms. The average molecular weight is 519 g/mol. The Hall–Kier alpha value is -1.75. The minimum atomic E-state index is -0.796. The van der Waals surface area contributed by atoms with Crippen LogP contribution in [0, 0.1) is 0 Å². The third kappa shape index (κ3) is 20.4. The number of aliphatic hydroxyl groups excluding tert-OH is 1. The van der Waals surface area contributed by atoms with Crippen molar-refractivity contribution < 1.29 is 38.4 Å². The summed E-state index contributed by atoms with van der Waals surface area (Å²) >= 11 is 0. The second-order valence-electron chi connectivity index (χ2n) is 8.46. The normalized spacial score (nSPS) is 12.1. The molecule has 0 rings (SSSR count). The average Bonchev–Trinajstić information content (AvgIpc) is 2.84. The second kappa shape index (κ2) is 23.6. The standard InChI is InChI=1S/C26H50N2O8/c1-5-33-23(29)13-19-27(20-14-24(30)34-6-2)17-11-9-10-12-18-28(21-15-25(31)35-7-3)22-16-26(32)36-8-4/h23,29H,5-22H2,1-4H3. The quantitative estimate of drug-likeness (QED) is 0.0885. The molecule has 0 aromatic carbocycles. The van der Waals surface area contributed by atoms with Gasteiger partial charge in [0.25, 0.3) is 0 Å². The molecule has 0 fully saturated rings. The molecule has 0 aromatic rings. The number of hydrogen-bond acceptors (Lipinski definition) is 10. The molecule has 10 nitrogen and oxygen atoms in total. The van der Waals surface area contributed by atoms with Gasteiger partial charge in [0.05, 0.1) is 39.1 Å². The van der Waals surface area contributed by atoms with Crippen LogP contribution in [0.5, 0.6) is 0 Å².